The predicted octanol–water partition coefficient (Wildman–Crippen LogP) is 4.37. The number of likely N-dealkylation sites (tertiary alicyclic amines) is 1. The Hall–Kier alpha value is -2.10. The van der Waals surface area contributed by atoms with E-state index in [9.17, 15) is 4.79 Å². The Morgan fingerprint density at radius 2 is 2.08 bits per heavy atom. The second kappa shape index (κ2) is 7.65. The highest BCUT2D eigenvalue weighted by atomic mass is 16.4. The van der Waals surface area contributed by atoms with Gasteiger partial charge in [0, 0.05) is 31.0 Å². The molecule has 0 bridgehead atoms. The third-order valence-electron chi connectivity index (χ3n) is 4.91. The van der Waals surface area contributed by atoms with Crippen molar-refractivity contribution in [1.29, 1.82) is 0 Å². The van der Waals surface area contributed by atoms with Gasteiger partial charge in [-0.1, -0.05) is 25.1 Å². The quantitative estimate of drug-likeness (QED) is 0.819. The summed E-state index contributed by atoms with van der Waals surface area (Å²) in [6.45, 7) is 5.00. The molecule has 4 nitrogen and oxygen atoms in total. The second-order valence-corrected chi connectivity index (χ2v) is 6.53. The van der Waals surface area contributed by atoms with E-state index in [4.69, 9.17) is 4.42 Å². The monoisotopic (exact) mass is 326 g/mol. The van der Waals surface area contributed by atoms with Crippen LogP contribution in [-0.4, -0.2) is 28.4 Å². The van der Waals surface area contributed by atoms with Crippen LogP contribution in [0, 0.1) is 6.92 Å². The molecule has 1 unspecified atom stereocenters. The Morgan fingerprint density at radius 1 is 1.29 bits per heavy atom. The van der Waals surface area contributed by atoms with E-state index in [0.29, 0.717) is 24.8 Å². The van der Waals surface area contributed by atoms with E-state index in [1.807, 2.05) is 37.3 Å². The van der Waals surface area contributed by atoms with Gasteiger partial charge in [0.2, 0.25) is 11.8 Å². The van der Waals surface area contributed by atoms with E-state index in [1.165, 1.54) is 6.42 Å². The zero-order valence-electron chi connectivity index (χ0n) is 14.6. The summed E-state index contributed by atoms with van der Waals surface area (Å²) in [6.07, 6.45) is 5.72. The van der Waals surface area contributed by atoms with Crippen LogP contribution >= 0.6 is 0 Å². The SMILES string of the molecule is CCC1CCCCN1C(=O)CCc1nc(-c2ccccc2)oc1C. The van der Waals surface area contributed by atoms with E-state index in [0.717, 1.165) is 42.8 Å². The number of oxazole rings is 1. The summed E-state index contributed by atoms with van der Waals surface area (Å²) in [6, 6.07) is 10.3. The first-order chi connectivity index (χ1) is 11.7. The molecule has 1 aromatic carbocycles. The van der Waals surface area contributed by atoms with Crippen molar-refractivity contribution in [3.63, 3.8) is 0 Å². The van der Waals surface area contributed by atoms with Crippen LogP contribution in [0.15, 0.2) is 34.7 Å². The summed E-state index contributed by atoms with van der Waals surface area (Å²) in [5, 5.41) is 0. The molecule has 1 fully saturated rings. The van der Waals surface area contributed by atoms with Crippen LogP contribution in [0.25, 0.3) is 11.5 Å². The fourth-order valence-corrected chi connectivity index (χ4v) is 3.49. The molecular formula is C20H26N2O2. The van der Waals surface area contributed by atoms with E-state index >= 15 is 0 Å². The number of hydrogen-bond acceptors (Lipinski definition) is 3. The maximum absolute atomic E-state index is 12.6. The fourth-order valence-electron chi connectivity index (χ4n) is 3.49. The first-order valence-corrected chi connectivity index (χ1v) is 9.00. The Morgan fingerprint density at radius 3 is 2.83 bits per heavy atom. The van der Waals surface area contributed by atoms with Crippen molar-refractivity contribution in [3.8, 4) is 11.5 Å². The van der Waals surface area contributed by atoms with Crippen LogP contribution in [0.1, 0.15) is 50.5 Å². The first-order valence-electron chi connectivity index (χ1n) is 9.00. The minimum Gasteiger partial charge on any atom is -0.441 e. The topological polar surface area (TPSA) is 46.3 Å². The van der Waals surface area contributed by atoms with Crippen LogP contribution in [0.2, 0.25) is 0 Å². The maximum atomic E-state index is 12.6. The number of carbonyl (C=O) groups excluding carboxylic acids is 1. The van der Waals surface area contributed by atoms with Gasteiger partial charge in [-0.3, -0.25) is 4.79 Å². The van der Waals surface area contributed by atoms with E-state index in [1.54, 1.807) is 0 Å². The lowest BCUT2D eigenvalue weighted by molar-refractivity contribution is -0.134. The van der Waals surface area contributed by atoms with Crippen LogP contribution in [-0.2, 0) is 11.2 Å². The molecule has 3 rings (SSSR count). The molecule has 0 aliphatic carbocycles. The van der Waals surface area contributed by atoms with Crippen molar-refractivity contribution >= 4 is 5.91 Å². The zero-order chi connectivity index (χ0) is 16.9. The fraction of sp³-hybridized carbons (Fsp3) is 0.500. The predicted molar refractivity (Wildman–Crippen MR) is 94.6 cm³/mol. The highest BCUT2D eigenvalue weighted by molar-refractivity contribution is 5.77. The number of amides is 1. The Kier molecular flexibility index (Phi) is 5.34. The second-order valence-electron chi connectivity index (χ2n) is 6.53. The lowest BCUT2D eigenvalue weighted by Crippen LogP contribution is -2.43. The molecule has 128 valence electrons. The number of carbonyl (C=O) groups is 1. The molecule has 0 radical (unpaired) electrons. The van der Waals surface area contributed by atoms with Gasteiger partial charge in [-0.05, 0) is 44.7 Å². The zero-order valence-corrected chi connectivity index (χ0v) is 14.6. The van der Waals surface area contributed by atoms with Gasteiger partial charge in [0.15, 0.2) is 0 Å². The summed E-state index contributed by atoms with van der Waals surface area (Å²) in [7, 11) is 0. The Bertz CT molecular complexity index is 678. The van der Waals surface area contributed by atoms with Gasteiger partial charge < -0.3 is 9.32 Å². The molecule has 0 saturated carbocycles. The van der Waals surface area contributed by atoms with E-state index < -0.39 is 0 Å². The number of nitrogens with zero attached hydrogens (tertiary/aromatic N) is 2. The number of benzene rings is 1. The lowest BCUT2D eigenvalue weighted by atomic mass is 9.99. The summed E-state index contributed by atoms with van der Waals surface area (Å²) < 4.78 is 5.78. The van der Waals surface area contributed by atoms with Crippen LogP contribution in [0.4, 0.5) is 0 Å². The molecule has 2 heterocycles. The smallest absolute Gasteiger partial charge is 0.226 e. The van der Waals surface area contributed by atoms with Crippen LogP contribution in [0.5, 0.6) is 0 Å². The van der Waals surface area contributed by atoms with Crippen LogP contribution in [0.3, 0.4) is 0 Å². The summed E-state index contributed by atoms with van der Waals surface area (Å²) >= 11 is 0. The maximum Gasteiger partial charge on any atom is 0.226 e. The van der Waals surface area contributed by atoms with Gasteiger partial charge in [-0.15, -0.1) is 0 Å². The Labute approximate surface area is 143 Å². The summed E-state index contributed by atoms with van der Waals surface area (Å²) in [5.74, 6) is 1.71. The molecule has 1 atom stereocenters. The largest absolute Gasteiger partial charge is 0.441 e. The first kappa shape index (κ1) is 16.7. The van der Waals surface area contributed by atoms with Gasteiger partial charge in [0.25, 0.3) is 0 Å². The summed E-state index contributed by atoms with van der Waals surface area (Å²) in [4.78, 5) is 19.3. The van der Waals surface area contributed by atoms with Crippen molar-refractivity contribution in [3.05, 3.63) is 41.8 Å². The lowest BCUT2D eigenvalue weighted by Gasteiger charge is -2.35. The molecule has 1 aliphatic rings. The number of piperidine rings is 1. The van der Waals surface area contributed by atoms with Gasteiger partial charge in [-0.2, -0.15) is 0 Å². The molecular weight excluding hydrogens is 300 g/mol. The minimum atomic E-state index is 0.255. The molecule has 1 saturated heterocycles. The van der Waals surface area contributed by atoms with Gasteiger partial charge in [0.05, 0.1) is 5.69 Å². The van der Waals surface area contributed by atoms with Gasteiger partial charge >= 0.3 is 0 Å². The third kappa shape index (κ3) is 3.69. The molecule has 1 aliphatic heterocycles. The molecule has 0 spiro atoms. The average molecular weight is 326 g/mol. The number of aromatic nitrogens is 1. The molecule has 24 heavy (non-hydrogen) atoms. The average Bonchev–Trinajstić information content (AvgIpc) is 3.01. The van der Waals surface area contributed by atoms with Crippen molar-refractivity contribution in [1.82, 2.24) is 9.88 Å². The molecule has 2 aromatic rings. The molecule has 0 N–H and O–H groups in total. The molecule has 1 amide bonds. The highest BCUT2D eigenvalue weighted by Crippen LogP contribution is 2.24. The number of rotatable bonds is 5. The van der Waals surface area contributed by atoms with Crippen LogP contribution < -0.4 is 0 Å². The summed E-state index contributed by atoms with van der Waals surface area (Å²) in [5.41, 5.74) is 1.87. The minimum absolute atomic E-state index is 0.255. The van der Waals surface area contributed by atoms with Crippen molar-refractivity contribution < 1.29 is 9.21 Å². The molecule has 1 aromatic heterocycles. The van der Waals surface area contributed by atoms with Crippen molar-refractivity contribution in [2.24, 2.45) is 0 Å². The van der Waals surface area contributed by atoms with Crippen molar-refractivity contribution in [2.75, 3.05) is 6.54 Å². The molecule has 4 heteroatoms. The normalized spacial score (nSPS) is 17.9. The number of hydrogen-bond donors (Lipinski definition) is 0. The number of aryl methyl sites for hydroxylation is 2. The van der Waals surface area contributed by atoms with Gasteiger partial charge in [0.1, 0.15) is 5.76 Å². The third-order valence-corrected chi connectivity index (χ3v) is 4.91. The standard InChI is InChI=1S/C20H26N2O2/c1-3-17-11-7-8-14-22(17)19(23)13-12-18-15(2)24-20(21-18)16-9-5-4-6-10-16/h4-6,9-10,17H,3,7-8,11-14H2,1-2H3. The van der Waals surface area contributed by atoms with E-state index in [-0.39, 0.29) is 5.91 Å². The van der Waals surface area contributed by atoms with Crippen molar-refractivity contribution in [2.45, 2.75) is 58.4 Å². The Balaban J connectivity index is 1.64. The van der Waals surface area contributed by atoms with E-state index in [2.05, 4.69) is 16.8 Å². The van der Waals surface area contributed by atoms with Gasteiger partial charge in [-0.25, -0.2) is 4.98 Å². The highest BCUT2D eigenvalue weighted by Gasteiger charge is 2.25.